The summed E-state index contributed by atoms with van der Waals surface area (Å²) in [7, 11) is 0. The number of benzene rings is 2. The number of carbonyl (C=O) groups excluding carboxylic acids is 2. The molecule has 1 aliphatic rings. The van der Waals surface area contributed by atoms with Crippen molar-refractivity contribution in [3.8, 4) is 11.5 Å². The third kappa shape index (κ3) is 5.69. The Labute approximate surface area is 183 Å². The Morgan fingerprint density at radius 3 is 2.23 bits per heavy atom. The third-order valence-electron chi connectivity index (χ3n) is 5.36. The van der Waals surface area contributed by atoms with Crippen molar-refractivity contribution in [2.45, 2.75) is 33.4 Å². The molecule has 0 spiro atoms. The van der Waals surface area contributed by atoms with Gasteiger partial charge in [0, 0.05) is 31.7 Å². The van der Waals surface area contributed by atoms with Crippen LogP contribution in [0.5, 0.6) is 11.5 Å². The number of likely N-dealkylation sites (N-methyl/N-ethyl adjacent to an activating group) is 1. The van der Waals surface area contributed by atoms with Crippen molar-refractivity contribution in [1.82, 2.24) is 15.1 Å². The quantitative estimate of drug-likeness (QED) is 0.702. The SMILES string of the molecule is CCN(CC1COc2ccccc2O1)C(=O)NCc1ccc(C(=O)N(CC)CC)cc1. The molecular formula is C24H31N3O4. The highest BCUT2D eigenvalue weighted by Crippen LogP contribution is 2.31. The number of hydrogen-bond acceptors (Lipinski definition) is 4. The molecule has 1 unspecified atom stereocenters. The lowest BCUT2D eigenvalue weighted by atomic mass is 10.1. The maximum atomic E-state index is 12.7. The monoisotopic (exact) mass is 425 g/mol. The predicted octanol–water partition coefficient (Wildman–Crippen LogP) is 3.54. The van der Waals surface area contributed by atoms with Crippen LogP contribution in [-0.4, -0.2) is 60.6 Å². The fraction of sp³-hybridized carbons (Fsp3) is 0.417. The first kappa shape index (κ1) is 22.5. The molecule has 0 aliphatic carbocycles. The summed E-state index contributed by atoms with van der Waals surface area (Å²) in [6.07, 6.45) is -0.217. The molecule has 7 heteroatoms. The Morgan fingerprint density at radius 2 is 1.58 bits per heavy atom. The topological polar surface area (TPSA) is 71.1 Å². The summed E-state index contributed by atoms with van der Waals surface area (Å²) in [4.78, 5) is 28.6. The molecule has 3 amide bonds. The molecule has 2 aromatic carbocycles. The number of urea groups is 1. The Kier molecular flexibility index (Phi) is 7.76. The van der Waals surface area contributed by atoms with Gasteiger partial charge in [0.25, 0.3) is 5.91 Å². The Morgan fingerprint density at radius 1 is 0.935 bits per heavy atom. The van der Waals surface area contributed by atoms with E-state index in [0.717, 1.165) is 11.3 Å². The zero-order valence-electron chi connectivity index (χ0n) is 18.5. The van der Waals surface area contributed by atoms with Crippen LogP contribution in [0.1, 0.15) is 36.7 Å². The van der Waals surface area contributed by atoms with Gasteiger partial charge in [0.1, 0.15) is 6.61 Å². The second-order valence-corrected chi connectivity index (χ2v) is 7.37. The molecule has 0 saturated heterocycles. The third-order valence-corrected chi connectivity index (χ3v) is 5.36. The standard InChI is InChI=1S/C24H31N3O4/c1-4-26(5-2)23(28)19-13-11-18(12-14-19)15-25-24(29)27(6-3)16-20-17-30-21-9-7-8-10-22(21)31-20/h7-14,20H,4-6,15-17H2,1-3H3,(H,25,29). The van der Waals surface area contributed by atoms with Crippen molar-refractivity contribution in [1.29, 1.82) is 0 Å². The fourth-order valence-electron chi connectivity index (χ4n) is 3.50. The number of para-hydroxylation sites is 2. The second kappa shape index (κ2) is 10.7. The summed E-state index contributed by atoms with van der Waals surface area (Å²) in [5, 5.41) is 2.95. The molecule has 1 aliphatic heterocycles. The minimum absolute atomic E-state index is 0.0222. The van der Waals surface area contributed by atoms with E-state index in [1.54, 1.807) is 9.80 Å². The summed E-state index contributed by atoms with van der Waals surface area (Å²) >= 11 is 0. The first-order chi connectivity index (χ1) is 15.0. The normalized spacial score (nSPS) is 14.6. The number of carbonyl (C=O) groups is 2. The number of hydrogen-bond donors (Lipinski definition) is 1. The van der Waals surface area contributed by atoms with Gasteiger partial charge >= 0.3 is 6.03 Å². The zero-order valence-corrected chi connectivity index (χ0v) is 18.5. The van der Waals surface area contributed by atoms with Crippen molar-refractivity contribution in [2.24, 2.45) is 0 Å². The van der Waals surface area contributed by atoms with E-state index >= 15 is 0 Å². The summed E-state index contributed by atoms with van der Waals surface area (Å²) in [6, 6.07) is 14.8. The van der Waals surface area contributed by atoms with E-state index in [9.17, 15) is 9.59 Å². The number of fused-ring (bicyclic) bond motifs is 1. The van der Waals surface area contributed by atoms with Crippen molar-refractivity contribution in [2.75, 3.05) is 32.8 Å². The molecule has 0 saturated carbocycles. The summed E-state index contributed by atoms with van der Waals surface area (Å²) in [5.41, 5.74) is 1.59. The van der Waals surface area contributed by atoms with Crippen LogP contribution in [0.4, 0.5) is 4.79 Å². The summed E-state index contributed by atoms with van der Waals surface area (Å²) in [5.74, 6) is 1.46. The second-order valence-electron chi connectivity index (χ2n) is 7.37. The van der Waals surface area contributed by atoms with Gasteiger partial charge in [0.2, 0.25) is 0 Å². The van der Waals surface area contributed by atoms with Crippen LogP contribution in [0.3, 0.4) is 0 Å². The summed E-state index contributed by atoms with van der Waals surface area (Å²) in [6.45, 7) is 9.02. The van der Waals surface area contributed by atoms with Gasteiger partial charge in [-0.1, -0.05) is 24.3 Å². The highest BCUT2D eigenvalue weighted by Gasteiger charge is 2.24. The minimum Gasteiger partial charge on any atom is -0.486 e. The molecule has 1 N–H and O–H groups in total. The van der Waals surface area contributed by atoms with Crippen LogP contribution in [-0.2, 0) is 6.54 Å². The molecule has 2 aromatic rings. The van der Waals surface area contributed by atoms with Gasteiger partial charge in [-0.15, -0.1) is 0 Å². The van der Waals surface area contributed by atoms with Crippen LogP contribution in [0.25, 0.3) is 0 Å². The number of amides is 3. The largest absolute Gasteiger partial charge is 0.486 e. The minimum atomic E-state index is -0.217. The molecule has 166 valence electrons. The van der Waals surface area contributed by atoms with Crippen molar-refractivity contribution >= 4 is 11.9 Å². The van der Waals surface area contributed by atoms with E-state index in [4.69, 9.17) is 9.47 Å². The molecule has 0 radical (unpaired) electrons. The molecule has 1 atom stereocenters. The van der Waals surface area contributed by atoms with Gasteiger partial charge in [0.05, 0.1) is 6.54 Å². The number of nitrogens with one attached hydrogen (secondary N) is 1. The lowest BCUT2D eigenvalue weighted by Crippen LogP contribution is -2.47. The van der Waals surface area contributed by atoms with Gasteiger partial charge < -0.3 is 24.6 Å². The van der Waals surface area contributed by atoms with Crippen LogP contribution in [0.15, 0.2) is 48.5 Å². The van der Waals surface area contributed by atoms with E-state index in [1.165, 1.54) is 0 Å². The molecule has 31 heavy (non-hydrogen) atoms. The lowest BCUT2D eigenvalue weighted by Gasteiger charge is -2.31. The average Bonchev–Trinajstić information content (AvgIpc) is 2.82. The first-order valence-corrected chi connectivity index (χ1v) is 10.8. The first-order valence-electron chi connectivity index (χ1n) is 10.8. The Balaban J connectivity index is 1.51. The Bertz CT molecular complexity index is 881. The average molecular weight is 426 g/mol. The van der Waals surface area contributed by atoms with Gasteiger partial charge in [-0.05, 0) is 50.6 Å². The molecule has 0 fully saturated rings. The van der Waals surface area contributed by atoms with Gasteiger partial charge in [0.15, 0.2) is 17.6 Å². The number of ether oxygens (including phenoxy) is 2. The maximum Gasteiger partial charge on any atom is 0.317 e. The van der Waals surface area contributed by atoms with Crippen LogP contribution in [0, 0.1) is 0 Å². The van der Waals surface area contributed by atoms with Crippen LogP contribution in [0.2, 0.25) is 0 Å². The van der Waals surface area contributed by atoms with Crippen molar-refractivity contribution in [3.05, 3.63) is 59.7 Å². The zero-order chi connectivity index (χ0) is 22.2. The maximum absolute atomic E-state index is 12.7. The van der Waals surface area contributed by atoms with Gasteiger partial charge in [-0.3, -0.25) is 4.79 Å². The molecule has 7 nitrogen and oxygen atoms in total. The van der Waals surface area contributed by atoms with E-state index in [1.807, 2.05) is 69.3 Å². The summed E-state index contributed by atoms with van der Waals surface area (Å²) < 4.78 is 11.7. The van der Waals surface area contributed by atoms with E-state index in [0.29, 0.717) is 50.6 Å². The molecular weight excluding hydrogens is 394 g/mol. The van der Waals surface area contributed by atoms with Gasteiger partial charge in [-0.25, -0.2) is 4.79 Å². The smallest absolute Gasteiger partial charge is 0.317 e. The fourth-order valence-corrected chi connectivity index (χ4v) is 3.50. The lowest BCUT2D eigenvalue weighted by molar-refractivity contribution is 0.0675. The van der Waals surface area contributed by atoms with Crippen LogP contribution >= 0.6 is 0 Å². The Hall–Kier alpha value is -3.22. The van der Waals surface area contributed by atoms with Crippen molar-refractivity contribution < 1.29 is 19.1 Å². The predicted molar refractivity (Wildman–Crippen MR) is 120 cm³/mol. The van der Waals surface area contributed by atoms with E-state index in [-0.39, 0.29) is 18.0 Å². The van der Waals surface area contributed by atoms with E-state index in [2.05, 4.69) is 5.32 Å². The highest BCUT2D eigenvalue weighted by molar-refractivity contribution is 5.94. The molecule has 0 aromatic heterocycles. The molecule has 3 rings (SSSR count). The molecule has 0 bridgehead atoms. The number of nitrogens with zero attached hydrogens (tertiary/aromatic N) is 2. The van der Waals surface area contributed by atoms with Crippen LogP contribution < -0.4 is 14.8 Å². The highest BCUT2D eigenvalue weighted by atomic mass is 16.6. The molecule has 1 heterocycles. The van der Waals surface area contributed by atoms with Crippen molar-refractivity contribution in [3.63, 3.8) is 0 Å². The number of rotatable bonds is 8. The van der Waals surface area contributed by atoms with Gasteiger partial charge in [-0.2, -0.15) is 0 Å². The van der Waals surface area contributed by atoms with E-state index < -0.39 is 0 Å².